The van der Waals surface area contributed by atoms with Crippen molar-refractivity contribution >= 4 is 11.8 Å². The molecule has 22 heavy (non-hydrogen) atoms. The van der Waals surface area contributed by atoms with E-state index in [4.69, 9.17) is 4.52 Å². The fourth-order valence-electron chi connectivity index (χ4n) is 2.89. The number of anilines is 1. The summed E-state index contributed by atoms with van der Waals surface area (Å²) in [5.41, 5.74) is 2.92. The number of aromatic amines is 1. The van der Waals surface area contributed by atoms with Crippen LogP contribution in [0.5, 0.6) is 0 Å². The number of aryl methyl sites for hydroxylation is 2. The summed E-state index contributed by atoms with van der Waals surface area (Å²) >= 11 is 0. The number of carbonyl (C=O) groups is 1. The lowest BCUT2D eigenvalue weighted by Gasteiger charge is -2.31. The fourth-order valence-corrected chi connectivity index (χ4v) is 2.89. The number of nitrogens with one attached hydrogen (secondary N) is 2. The Morgan fingerprint density at radius 1 is 1.50 bits per heavy atom. The molecular formula is C15H21N5O2. The predicted octanol–water partition coefficient (Wildman–Crippen LogP) is 1.83. The number of carbonyl (C=O) groups excluding carboxylic acids is 1. The normalized spacial score (nSPS) is 19.3. The molecule has 118 valence electrons. The van der Waals surface area contributed by atoms with Crippen molar-refractivity contribution in [2.24, 2.45) is 0 Å². The molecule has 1 unspecified atom stereocenters. The van der Waals surface area contributed by atoms with Crippen molar-refractivity contribution in [2.45, 2.75) is 32.6 Å². The number of rotatable bonds is 4. The van der Waals surface area contributed by atoms with Crippen LogP contribution in [0.4, 0.5) is 5.88 Å². The summed E-state index contributed by atoms with van der Waals surface area (Å²) in [6.07, 6.45) is 2.19. The van der Waals surface area contributed by atoms with Crippen LogP contribution < -0.4 is 5.32 Å². The Kier molecular flexibility index (Phi) is 4.24. The van der Waals surface area contributed by atoms with Crippen LogP contribution in [0.1, 0.15) is 35.8 Å². The maximum Gasteiger partial charge on any atom is 0.240 e. The summed E-state index contributed by atoms with van der Waals surface area (Å²) in [5.74, 6) is 0.716. The second kappa shape index (κ2) is 6.31. The van der Waals surface area contributed by atoms with Crippen LogP contribution in [0.2, 0.25) is 0 Å². The Bertz CT molecular complexity index is 648. The van der Waals surface area contributed by atoms with Crippen LogP contribution in [0.15, 0.2) is 16.7 Å². The Labute approximate surface area is 129 Å². The van der Waals surface area contributed by atoms with Crippen molar-refractivity contribution in [1.29, 1.82) is 0 Å². The van der Waals surface area contributed by atoms with Crippen molar-refractivity contribution in [3.05, 3.63) is 29.2 Å². The highest BCUT2D eigenvalue weighted by atomic mass is 16.5. The van der Waals surface area contributed by atoms with Gasteiger partial charge < -0.3 is 4.52 Å². The van der Waals surface area contributed by atoms with E-state index >= 15 is 0 Å². The molecule has 1 aliphatic rings. The standard InChI is InChI=1S/C15H21N5O2/c1-10-6-13(18-17-10)12-4-3-5-20(8-12)9-14(21)16-15-7-11(2)19-22-15/h6-7,12H,3-5,8-9H2,1-2H3,(H,16,21)(H,17,18). The van der Waals surface area contributed by atoms with E-state index in [0.717, 1.165) is 43.0 Å². The van der Waals surface area contributed by atoms with Crippen molar-refractivity contribution in [2.75, 3.05) is 25.0 Å². The van der Waals surface area contributed by atoms with E-state index < -0.39 is 0 Å². The Morgan fingerprint density at radius 3 is 3.05 bits per heavy atom. The van der Waals surface area contributed by atoms with Crippen LogP contribution in [0.25, 0.3) is 0 Å². The average Bonchev–Trinajstić information content (AvgIpc) is 3.08. The Morgan fingerprint density at radius 2 is 2.36 bits per heavy atom. The van der Waals surface area contributed by atoms with Crippen LogP contribution >= 0.6 is 0 Å². The van der Waals surface area contributed by atoms with E-state index in [2.05, 4.69) is 31.6 Å². The molecule has 2 aromatic heterocycles. The Balaban J connectivity index is 1.54. The van der Waals surface area contributed by atoms with E-state index in [-0.39, 0.29) is 5.91 Å². The van der Waals surface area contributed by atoms with Gasteiger partial charge in [-0.05, 0) is 39.3 Å². The number of hydrogen-bond acceptors (Lipinski definition) is 5. The molecule has 3 heterocycles. The third-order valence-corrected chi connectivity index (χ3v) is 3.91. The highest BCUT2D eigenvalue weighted by molar-refractivity contribution is 5.90. The molecule has 1 fully saturated rings. The molecule has 1 saturated heterocycles. The van der Waals surface area contributed by atoms with Gasteiger partial charge in [0.25, 0.3) is 0 Å². The predicted molar refractivity (Wildman–Crippen MR) is 81.6 cm³/mol. The Hall–Kier alpha value is -2.15. The van der Waals surface area contributed by atoms with E-state index in [1.807, 2.05) is 13.8 Å². The molecule has 7 nitrogen and oxygen atoms in total. The zero-order chi connectivity index (χ0) is 15.5. The molecule has 0 aliphatic carbocycles. The minimum Gasteiger partial charge on any atom is -0.338 e. The van der Waals surface area contributed by atoms with Gasteiger partial charge in [0.15, 0.2) is 0 Å². The van der Waals surface area contributed by atoms with Crippen LogP contribution in [-0.2, 0) is 4.79 Å². The van der Waals surface area contributed by atoms with Gasteiger partial charge in [0, 0.05) is 24.2 Å². The molecule has 7 heteroatoms. The molecule has 2 aromatic rings. The third-order valence-electron chi connectivity index (χ3n) is 3.91. The van der Waals surface area contributed by atoms with Gasteiger partial charge in [-0.25, -0.2) is 0 Å². The van der Waals surface area contributed by atoms with Crippen LogP contribution in [-0.4, -0.2) is 45.8 Å². The van der Waals surface area contributed by atoms with Crippen molar-refractivity contribution in [1.82, 2.24) is 20.3 Å². The topological polar surface area (TPSA) is 87.0 Å². The third kappa shape index (κ3) is 3.54. The molecule has 0 radical (unpaired) electrons. The summed E-state index contributed by atoms with van der Waals surface area (Å²) in [6.45, 7) is 5.97. The van der Waals surface area contributed by atoms with Gasteiger partial charge in [0.2, 0.25) is 11.8 Å². The van der Waals surface area contributed by atoms with Crippen molar-refractivity contribution in [3.63, 3.8) is 0 Å². The van der Waals surface area contributed by atoms with Crippen LogP contribution in [0.3, 0.4) is 0 Å². The molecule has 1 aliphatic heterocycles. The van der Waals surface area contributed by atoms with Crippen molar-refractivity contribution in [3.8, 4) is 0 Å². The molecule has 1 amide bonds. The molecule has 0 bridgehead atoms. The lowest BCUT2D eigenvalue weighted by Crippen LogP contribution is -2.39. The van der Waals surface area contributed by atoms with Gasteiger partial charge in [-0.1, -0.05) is 5.16 Å². The smallest absolute Gasteiger partial charge is 0.240 e. The van der Waals surface area contributed by atoms with Gasteiger partial charge >= 0.3 is 0 Å². The lowest BCUT2D eigenvalue weighted by molar-refractivity contribution is -0.117. The number of amides is 1. The van der Waals surface area contributed by atoms with Gasteiger partial charge in [-0.3, -0.25) is 20.1 Å². The number of hydrogen-bond donors (Lipinski definition) is 2. The summed E-state index contributed by atoms with van der Waals surface area (Å²) in [5, 5.41) is 13.8. The van der Waals surface area contributed by atoms with Crippen molar-refractivity contribution < 1.29 is 9.32 Å². The second-order valence-corrected chi connectivity index (χ2v) is 5.93. The number of H-pyrrole nitrogens is 1. The highest BCUT2D eigenvalue weighted by Crippen LogP contribution is 2.25. The average molecular weight is 303 g/mol. The molecule has 1 atom stereocenters. The number of piperidine rings is 1. The highest BCUT2D eigenvalue weighted by Gasteiger charge is 2.24. The first-order valence-corrected chi connectivity index (χ1v) is 7.57. The van der Waals surface area contributed by atoms with E-state index in [1.165, 1.54) is 0 Å². The zero-order valence-electron chi connectivity index (χ0n) is 12.9. The number of aromatic nitrogens is 3. The first kappa shape index (κ1) is 14.8. The summed E-state index contributed by atoms with van der Waals surface area (Å²) in [7, 11) is 0. The molecule has 2 N–H and O–H groups in total. The van der Waals surface area contributed by atoms with Gasteiger partial charge in [0.1, 0.15) is 0 Å². The van der Waals surface area contributed by atoms with Gasteiger partial charge in [-0.2, -0.15) is 5.10 Å². The molecule has 3 rings (SSSR count). The lowest BCUT2D eigenvalue weighted by atomic mass is 9.94. The van der Waals surface area contributed by atoms with E-state index in [1.54, 1.807) is 6.07 Å². The maximum absolute atomic E-state index is 12.1. The summed E-state index contributed by atoms with van der Waals surface area (Å²) in [4.78, 5) is 14.2. The molecular weight excluding hydrogens is 282 g/mol. The number of likely N-dealkylation sites (tertiary alicyclic amines) is 1. The molecule has 0 spiro atoms. The van der Waals surface area contributed by atoms with Gasteiger partial charge in [-0.15, -0.1) is 0 Å². The SMILES string of the molecule is Cc1cc(NC(=O)CN2CCCC(c3cc(C)[nH]n3)C2)on1. The minimum absolute atomic E-state index is 0.0741. The summed E-state index contributed by atoms with van der Waals surface area (Å²) in [6, 6.07) is 3.80. The second-order valence-electron chi connectivity index (χ2n) is 5.93. The molecule has 0 saturated carbocycles. The maximum atomic E-state index is 12.1. The number of nitrogens with zero attached hydrogens (tertiary/aromatic N) is 3. The van der Waals surface area contributed by atoms with E-state index in [9.17, 15) is 4.79 Å². The fraction of sp³-hybridized carbons (Fsp3) is 0.533. The minimum atomic E-state index is -0.0741. The largest absolute Gasteiger partial charge is 0.338 e. The van der Waals surface area contributed by atoms with Gasteiger partial charge in [0.05, 0.1) is 17.9 Å². The first-order valence-electron chi connectivity index (χ1n) is 7.57. The first-order chi connectivity index (χ1) is 10.6. The molecule has 0 aromatic carbocycles. The van der Waals surface area contributed by atoms with Crippen LogP contribution in [0, 0.1) is 13.8 Å². The zero-order valence-corrected chi connectivity index (χ0v) is 12.9. The summed E-state index contributed by atoms with van der Waals surface area (Å²) < 4.78 is 5.00. The monoisotopic (exact) mass is 303 g/mol. The quantitative estimate of drug-likeness (QED) is 0.900. The van der Waals surface area contributed by atoms with E-state index in [0.29, 0.717) is 18.3 Å².